The van der Waals surface area contributed by atoms with E-state index in [2.05, 4.69) is 71.3 Å². The quantitative estimate of drug-likeness (QED) is 0.638. The number of benzene rings is 2. The zero-order valence-corrected chi connectivity index (χ0v) is 16.4. The lowest BCUT2D eigenvalue weighted by Crippen LogP contribution is -2.45. The van der Waals surface area contributed by atoms with Gasteiger partial charge >= 0.3 is 0 Å². The molecule has 1 fully saturated rings. The molecule has 4 heteroatoms. The van der Waals surface area contributed by atoms with Gasteiger partial charge in [-0.05, 0) is 24.1 Å². The van der Waals surface area contributed by atoms with Crippen molar-refractivity contribution in [3.05, 3.63) is 83.8 Å². The lowest BCUT2D eigenvalue weighted by atomic mass is 10.1. The molecule has 2 heterocycles. The van der Waals surface area contributed by atoms with Crippen LogP contribution in [0.15, 0.2) is 71.4 Å². The zero-order chi connectivity index (χ0) is 19.2. The number of aromatic nitrogens is 1. The number of oxazole rings is 1. The maximum absolute atomic E-state index is 5.73. The van der Waals surface area contributed by atoms with Gasteiger partial charge in [0.15, 0.2) is 0 Å². The Hall–Kier alpha value is -2.69. The number of nitrogens with zero attached hydrogens (tertiary/aromatic N) is 3. The monoisotopic (exact) mass is 373 g/mol. The second kappa shape index (κ2) is 9.00. The van der Waals surface area contributed by atoms with Gasteiger partial charge in [-0.25, -0.2) is 4.98 Å². The van der Waals surface area contributed by atoms with Crippen LogP contribution in [0.3, 0.4) is 0 Å². The summed E-state index contributed by atoms with van der Waals surface area (Å²) in [6, 6.07) is 18.7. The summed E-state index contributed by atoms with van der Waals surface area (Å²) in [4.78, 5) is 9.66. The number of hydrogen-bond donors (Lipinski definition) is 0. The third-order valence-corrected chi connectivity index (χ3v) is 5.25. The average Bonchev–Trinajstić information content (AvgIpc) is 3.19. The molecule has 0 unspecified atom stereocenters. The van der Waals surface area contributed by atoms with Crippen LogP contribution >= 0.6 is 0 Å². The molecule has 1 saturated heterocycles. The molecule has 4 rings (SSSR count). The van der Waals surface area contributed by atoms with Crippen LogP contribution in [0.5, 0.6) is 0 Å². The summed E-state index contributed by atoms with van der Waals surface area (Å²) in [6.45, 7) is 8.23. The minimum atomic E-state index is 0.720. The first-order valence-electron chi connectivity index (χ1n) is 9.94. The predicted molar refractivity (Wildman–Crippen MR) is 114 cm³/mol. The predicted octanol–water partition coefficient (Wildman–Crippen LogP) is 4.48. The van der Waals surface area contributed by atoms with Crippen molar-refractivity contribution >= 4 is 6.08 Å². The van der Waals surface area contributed by atoms with Crippen molar-refractivity contribution in [1.29, 1.82) is 0 Å². The van der Waals surface area contributed by atoms with E-state index >= 15 is 0 Å². The van der Waals surface area contributed by atoms with Crippen molar-refractivity contribution in [2.45, 2.75) is 13.5 Å². The Morgan fingerprint density at radius 1 is 0.929 bits per heavy atom. The van der Waals surface area contributed by atoms with E-state index in [9.17, 15) is 0 Å². The van der Waals surface area contributed by atoms with Gasteiger partial charge in [-0.1, -0.05) is 60.7 Å². The summed E-state index contributed by atoms with van der Waals surface area (Å²) in [7, 11) is 0. The van der Waals surface area contributed by atoms with Gasteiger partial charge in [-0.15, -0.1) is 0 Å². The Balaban J connectivity index is 1.26. The summed E-state index contributed by atoms with van der Waals surface area (Å²) >= 11 is 0. The number of aryl methyl sites for hydroxylation is 1. The van der Waals surface area contributed by atoms with Gasteiger partial charge < -0.3 is 4.42 Å². The SMILES string of the molecule is Cc1ccccc1-c1nc(CN2CCN(C/C=C/c3ccccc3)CC2)co1. The molecule has 0 spiro atoms. The lowest BCUT2D eigenvalue weighted by molar-refractivity contribution is 0.136. The highest BCUT2D eigenvalue weighted by atomic mass is 16.3. The van der Waals surface area contributed by atoms with Gasteiger partial charge in [0, 0.05) is 44.8 Å². The molecule has 0 N–H and O–H groups in total. The minimum Gasteiger partial charge on any atom is -0.444 e. The van der Waals surface area contributed by atoms with Crippen molar-refractivity contribution in [2.24, 2.45) is 0 Å². The molecule has 4 nitrogen and oxygen atoms in total. The van der Waals surface area contributed by atoms with Crippen LogP contribution < -0.4 is 0 Å². The lowest BCUT2D eigenvalue weighted by Gasteiger charge is -2.33. The van der Waals surface area contributed by atoms with Crippen molar-refractivity contribution in [3.8, 4) is 11.5 Å². The zero-order valence-electron chi connectivity index (χ0n) is 16.4. The topological polar surface area (TPSA) is 32.5 Å². The van der Waals surface area contributed by atoms with E-state index in [1.54, 1.807) is 6.26 Å². The highest BCUT2D eigenvalue weighted by molar-refractivity contribution is 5.58. The number of rotatable bonds is 6. The third-order valence-electron chi connectivity index (χ3n) is 5.25. The van der Waals surface area contributed by atoms with Crippen LogP contribution in [0.25, 0.3) is 17.5 Å². The fourth-order valence-corrected chi connectivity index (χ4v) is 3.58. The van der Waals surface area contributed by atoms with Gasteiger partial charge in [-0.3, -0.25) is 9.80 Å². The highest BCUT2D eigenvalue weighted by Crippen LogP contribution is 2.22. The summed E-state index contributed by atoms with van der Waals surface area (Å²) in [6.07, 6.45) is 6.27. The maximum atomic E-state index is 5.73. The first kappa shape index (κ1) is 18.7. The second-order valence-electron chi connectivity index (χ2n) is 7.35. The fourth-order valence-electron chi connectivity index (χ4n) is 3.58. The van der Waals surface area contributed by atoms with E-state index in [0.717, 1.165) is 56.4 Å². The Morgan fingerprint density at radius 2 is 1.64 bits per heavy atom. The average molecular weight is 374 g/mol. The Bertz CT molecular complexity index is 908. The fraction of sp³-hybridized carbons (Fsp3) is 0.292. The van der Waals surface area contributed by atoms with E-state index in [0.29, 0.717) is 0 Å². The summed E-state index contributed by atoms with van der Waals surface area (Å²) in [5, 5.41) is 0. The van der Waals surface area contributed by atoms with Gasteiger partial charge in [0.2, 0.25) is 5.89 Å². The molecule has 0 aliphatic carbocycles. The van der Waals surface area contributed by atoms with Crippen molar-refractivity contribution in [3.63, 3.8) is 0 Å². The molecular weight excluding hydrogens is 346 g/mol. The van der Waals surface area contributed by atoms with Crippen LogP contribution in [0.1, 0.15) is 16.8 Å². The van der Waals surface area contributed by atoms with Crippen LogP contribution in [0, 0.1) is 6.92 Å². The number of piperazine rings is 1. The van der Waals surface area contributed by atoms with E-state index < -0.39 is 0 Å². The molecule has 3 aromatic rings. The summed E-state index contributed by atoms with van der Waals surface area (Å²) in [5.74, 6) is 0.720. The largest absolute Gasteiger partial charge is 0.444 e. The van der Waals surface area contributed by atoms with E-state index in [1.807, 2.05) is 12.1 Å². The standard InChI is InChI=1S/C24H27N3O/c1-20-8-5-6-12-23(20)24-25-22(19-28-24)18-27-16-14-26(15-17-27)13-7-11-21-9-3-2-4-10-21/h2-12,19H,13-18H2,1H3/b11-7+. The second-order valence-corrected chi connectivity index (χ2v) is 7.35. The number of hydrogen-bond acceptors (Lipinski definition) is 4. The molecule has 0 saturated carbocycles. The molecule has 1 aliphatic rings. The molecule has 1 aromatic heterocycles. The smallest absolute Gasteiger partial charge is 0.226 e. The van der Waals surface area contributed by atoms with Gasteiger partial charge in [0.1, 0.15) is 6.26 Å². The van der Waals surface area contributed by atoms with Crippen molar-refractivity contribution in [1.82, 2.24) is 14.8 Å². The minimum absolute atomic E-state index is 0.720. The van der Waals surface area contributed by atoms with Crippen LogP contribution in [-0.4, -0.2) is 47.5 Å². The Labute approximate surface area is 167 Å². The Kier molecular flexibility index (Phi) is 6.00. The van der Waals surface area contributed by atoms with E-state index in [1.165, 1.54) is 11.1 Å². The molecule has 1 aliphatic heterocycles. The highest BCUT2D eigenvalue weighted by Gasteiger charge is 2.18. The first-order chi connectivity index (χ1) is 13.8. The van der Waals surface area contributed by atoms with Crippen LogP contribution in [0.4, 0.5) is 0 Å². The molecule has 0 bridgehead atoms. The molecule has 144 valence electrons. The van der Waals surface area contributed by atoms with Gasteiger partial charge in [-0.2, -0.15) is 0 Å². The summed E-state index contributed by atoms with van der Waals surface area (Å²) in [5.41, 5.74) is 4.53. The van der Waals surface area contributed by atoms with Gasteiger partial charge in [0.25, 0.3) is 0 Å². The molecule has 28 heavy (non-hydrogen) atoms. The van der Waals surface area contributed by atoms with E-state index in [4.69, 9.17) is 9.40 Å². The van der Waals surface area contributed by atoms with Crippen molar-refractivity contribution in [2.75, 3.05) is 32.7 Å². The molecular formula is C24H27N3O. The van der Waals surface area contributed by atoms with Crippen LogP contribution in [-0.2, 0) is 6.54 Å². The summed E-state index contributed by atoms with van der Waals surface area (Å²) < 4.78 is 5.73. The van der Waals surface area contributed by atoms with Crippen LogP contribution in [0.2, 0.25) is 0 Å². The molecule has 0 amide bonds. The van der Waals surface area contributed by atoms with Gasteiger partial charge in [0.05, 0.1) is 5.69 Å². The normalized spacial score (nSPS) is 16.0. The maximum Gasteiger partial charge on any atom is 0.226 e. The van der Waals surface area contributed by atoms with E-state index in [-0.39, 0.29) is 0 Å². The van der Waals surface area contributed by atoms with Crippen molar-refractivity contribution < 1.29 is 4.42 Å². The molecule has 0 radical (unpaired) electrons. The Morgan fingerprint density at radius 3 is 2.43 bits per heavy atom. The molecule has 2 aromatic carbocycles. The third kappa shape index (κ3) is 4.77. The first-order valence-corrected chi connectivity index (χ1v) is 9.94. The molecule has 0 atom stereocenters.